The lowest BCUT2D eigenvalue weighted by Gasteiger charge is -2.24. The Bertz CT molecular complexity index is 1160. The van der Waals surface area contributed by atoms with Crippen LogP contribution in [-0.4, -0.2) is 59.3 Å². The number of rotatable bonds is 10. The minimum atomic E-state index is -4.10. The van der Waals surface area contributed by atoms with E-state index in [0.717, 1.165) is 11.1 Å². The van der Waals surface area contributed by atoms with Crippen molar-refractivity contribution in [1.29, 1.82) is 0 Å². The molecule has 14 heteroatoms. The molecule has 0 aliphatic rings. The molecule has 2 rings (SSSR count). The number of carbonyl (C=O) groups excluding carboxylic acids is 2. The molecule has 0 aliphatic carbocycles. The molecule has 2 amide bonds. The number of nitrogens with one attached hydrogen (secondary N) is 2. The van der Waals surface area contributed by atoms with E-state index in [4.69, 9.17) is 15.3 Å². The summed E-state index contributed by atoms with van der Waals surface area (Å²) in [5, 5.41) is 1.18. The van der Waals surface area contributed by atoms with Gasteiger partial charge in [-0.2, -0.15) is 0 Å². The summed E-state index contributed by atoms with van der Waals surface area (Å²) in [7, 11) is -8.21. The van der Waals surface area contributed by atoms with Crippen LogP contribution in [0.5, 0.6) is 0 Å². The van der Waals surface area contributed by atoms with Gasteiger partial charge in [-0.15, -0.1) is 0 Å². The fourth-order valence-electron chi connectivity index (χ4n) is 3.00. The van der Waals surface area contributed by atoms with Gasteiger partial charge in [0.15, 0.2) is 0 Å². The van der Waals surface area contributed by atoms with E-state index >= 15 is 0 Å². The van der Waals surface area contributed by atoms with Gasteiger partial charge in [0.2, 0.25) is 0 Å². The first-order chi connectivity index (χ1) is 16.7. The van der Waals surface area contributed by atoms with Gasteiger partial charge in [-0.05, 0) is 52.0 Å². The highest BCUT2D eigenvalue weighted by atomic mass is 32.2. The first-order valence-electron chi connectivity index (χ1n) is 10.8. The van der Waals surface area contributed by atoms with E-state index in [1.165, 1.54) is 43.1 Å². The van der Waals surface area contributed by atoms with Gasteiger partial charge < -0.3 is 9.47 Å². The number of hydrazine groups is 1. The third-order valence-corrected chi connectivity index (χ3v) is 7.35. The standard InChI is InChI=1S/C22H30N4O8S2/c1-15-5-9-19(10-6-15)35(29,30)24-21(27)33-17(3)13-26(23)14-18(4)34-22(28)25-36(31,32)20-11-7-16(2)8-12-20/h5-12,17-18H,13-14,23H2,1-4H3,(H,24,27)(H,25,28). The zero-order chi connectivity index (χ0) is 27.1. The lowest BCUT2D eigenvalue weighted by molar-refractivity contribution is 0.0542. The van der Waals surface area contributed by atoms with Crippen molar-refractivity contribution in [1.82, 2.24) is 14.5 Å². The fraction of sp³-hybridized carbons (Fsp3) is 0.364. The number of nitrogens with zero attached hydrogens (tertiary/aromatic N) is 1. The van der Waals surface area contributed by atoms with E-state index < -0.39 is 44.4 Å². The summed E-state index contributed by atoms with van der Waals surface area (Å²) in [6.45, 7) is 6.51. The van der Waals surface area contributed by atoms with Crippen LogP contribution in [-0.2, 0) is 29.5 Å². The van der Waals surface area contributed by atoms with Gasteiger partial charge in [0.05, 0.1) is 22.9 Å². The van der Waals surface area contributed by atoms with Crippen LogP contribution in [0, 0.1) is 13.8 Å². The zero-order valence-electron chi connectivity index (χ0n) is 20.3. The molecule has 0 heterocycles. The largest absolute Gasteiger partial charge is 0.444 e. The summed E-state index contributed by atoms with van der Waals surface area (Å²) in [4.78, 5) is 23.9. The summed E-state index contributed by atoms with van der Waals surface area (Å²) in [6, 6.07) is 11.8. The number of sulfonamides is 2. The number of ether oxygens (including phenoxy) is 2. The smallest absolute Gasteiger partial charge is 0.421 e. The van der Waals surface area contributed by atoms with Crippen LogP contribution in [0.1, 0.15) is 25.0 Å². The van der Waals surface area contributed by atoms with E-state index in [0.29, 0.717) is 0 Å². The topological polar surface area (TPSA) is 174 Å². The van der Waals surface area contributed by atoms with Gasteiger partial charge in [-0.1, -0.05) is 35.4 Å². The molecule has 198 valence electrons. The molecular formula is C22H30N4O8S2. The lowest BCUT2D eigenvalue weighted by atomic mass is 10.2. The number of benzene rings is 2. The summed E-state index contributed by atoms with van der Waals surface area (Å²) < 4.78 is 62.8. The average Bonchev–Trinajstić information content (AvgIpc) is 2.72. The number of nitrogens with two attached hydrogens (primary N) is 1. The molecule has 0 spiro atoms. The van der Waals surface area contributed by atoms with Crippen LogP contribution in [0.3, 0.4) is 0 Å². The van der Waals surface area contributed by atoms with Crippen LogP contribution >= 0.6 is 0 Å². The lowest BCUT2D eigenvalue weighted by Crippen LogP contribution is -2.45. The summed E-state index contributed by atoms with van der Waals surface area (Å²) >= 11 is 0. The number of amides is 2. The van der Waals surface area contributed by atoms with Crippen molar-refractivity contribution in [3.05, 3.63) is 59.7 Å². The van der Waals surface area contributed by atoms with E-state index in [1.54, 1.807) is 38.1 Å². The van der Waals surface area contributed by atoms with Crippen LogP contribution in [0.25, 0.3) is 0 Å². The highest BCUT2D eigenvalue weighted by Gasteiger charge is 2.23. The summed E-state index contributed by atoms with van der Waals surface area (Å²) in [5.41, 5.74) is 1.72. The van der Waals surface area contributed by atoms with Crippen molar-refractivity contribution in [2.45, 2.75) is 49.7 Å². The molecule has 0 bridgehead atoms. The third-order valence-electron chi connectivity index (χ3n) is 4.70. The molecule has 2 unspecified atom stereocenters. The Labute approximate surface area is 210 Å². The van der Waals surface area contributed by atoms with E-state index in [9.17, 15) is 26.4 Å². The van der Waals surface area contributed by atoms with Crippen molar-refractivity contribution < 1.29 is 35.9 Å². The van der Waals surface area contributed by atoms with Gasteiger partial charge in [0.1, 0.15) is 12.2 Å². The van der Waals surface area contributed by atoms with Crippen molar-refractivity contribution in [3.8, 4) is 0 Å². The van der Waals surface area contributed by atoms with Gasteiger partial charge in [-0.25, -0.2) is 40.9 Å². The monoisotopic (exact) mass is 542 g/mol. The van der Waals surface area contributed by atoms with Gasteiger partial charge >= 0.3 is 12.2 Å². The Hall–Kier alpha value is -3.20. The Morgan fingerprint density at radius 1 is 0.750 bits per heavy atom. The molecule has 36 heavy (non-hydrogen) atoms. The molecule has 2 aromatic carbocycles. The quantitative estimate of drug-likeness (QED) is 0.296. The summed E-state index contributed by atoms with van der Waals surface area (Å²) in [5.74, 6) is 5.87. The molecule has 2 atom stereocenters. The number of aryl methyl sites for hydroxylation is 2. The maximum atomic E-state index is 12.3. The molecule has 12 nitrogen and oxygen atoms in total. The van der Waals surface area contributed by atoms with Crippen molar-refractivity contribution in [3.63, 3.8) is 0 Å². The Morgan fingerprint density at radius 3 is 1.36 bits per heavy atom. The highest BCUT2D eigenvalue weighted by Crippen LogP contribution is 2.11. The van der Waals surface area contributed by atoms with E-state index in [-0.39, 0.29) is 22.9 Å². The fourth-order valence-corrected chi connectivity index (χ4v) is 4.75. The second-order valence-electron chi connectivity index (χ2n) is 8.22. The molecular weight excluding hydrogens is 512 g/mol. The molecule has 0 fully saturated rings. The molecule has 2 aromatic rings. The van der Waals surface area contributed by atoms with Crippen LogP contribution in [0.15, 0.2) is 58.3 Å². The summed E-state index contributed by atoms with van der Waals surface area (Å²) in [6.07, 6.45) is -4.01. The van der Waals surface area contributed by atoms with Crippen LogP contribution < -0.4 is 15.3 Å². The Morgan fingerprint density at radius 2 is 1.06 bits per heavy atom. The maximum absolute atomic E-state index is 12.3. The molecule has 0 radical (unpaired) electrons. The van der Waals surface area contributed by atoms with Crippen molar-refractivity contribution in [2.75, 3.05) is 13.1 Å². The van der Waals surface area contributed by atoms with Crippen LogP contribution in [0.4, 0.5) is 9.59 Å². The van der Waals surface area contributed by atoms with Gasteiger partial charge in [-0.3, -0.25) is 5.84 Å². The minimum Gasteiger partial charge on any atom is -0.444 e. The SMILES string of the molecule is Cc1ccc(S(=O)(=O)NC(=O)OC(C)CN(N)CC(C)OC(=O)NS(=O)(=O)c2ccc(C)cc2)cc1. The number of hydrogen-bond donors (Lipinski definition) is 3. The normalized spacial score (nSPS) is 13.5. The predicted molar refractivity (Wildman–Crippen MR) is 131 cm³/mol. The molecule has 0 aromatic heterocycles. The predicted octanol–water partition coefficient (Wildman–Crippen LogP) is 1.79. The van der Waals surface area contributed by atoms with Gasteiger partial charge in [0, 0.05) is 0 Å². The number of carbonyl (C=O) groups is 2. The second kappa shape index (κ2) is 12.2. The Balaban J connectivity index is 1.80. The highest BCUT2D eigenvalue weighted by molar-refractivity contribution is 7.90. The van der Waals surface area contributed by atoms with Crippen molar-refractivity contribution in [2.24, 2.45) is 5.84 Å². The first-order valence-corrected chi connectivity index (χ1v) is 13.7. The molecule has 0 aliphatic heterocycles. The molecule has 4 N–H and O–H groups in total. The molecule has 0 saturated carbocycles. The third kappa shape index (κ3) is 9.11. The van der Waals surface area contributed by atoms with Gasteiger partial charge in [0.25, 0.3) is 20.0 Å². The minimum absolute atomic E-state index is 0.0328. The van der Waals surface area contributed by atoms with Crippen LogP contribution in [0.2, 0.25) is 0 Å². The second-order valence-corrected chi connectivity index (χ2v) is 11.6. The van der Waals surface area contributed by atoms with E-state index in [2.05, 4.69) is 0 Å². The average molecular weight is 543 g/mol. The zero-order valence-corrected chi connectivity index (χ0v) is 21.9. The number of hydrogen-bond acceptors (Lipinski definition) is 10. The van der Waals surface area contributed by atoms with Crippen molar-refractivity contribution >= 4 is 32.2 Å². The maximum Gasteiger partial charge on any atom is 0.421 e. The molecule has 0 saturated heterocycles. The first kappa shape index (κ1) is 29.0. The van der Waals surface area contributed by atoms with E-state index in [1.807, 2.05) is 9.44 Å². The Kier molecular flexibility index (Phi) is 9.81.